The Bertz CT molecular complexity index is 995. The summed E-state index contributed by atoms with van der Waals surface area (Å²) in [5.41, 5.74) is 7.35. The van der Waals surface area contributed by atoms with Crippen molar-refractivity contribution in [3.05, 3.63) is 65.2 Å². The number of halogens is 1. The molecule has 8 nitrogen and oxygen atoms in total. The van der Waals surface area contributed by atoms with E-state index >= 15 is 0 Å². The molecule has 3 rings (SSSR count). The number of aromatic nitrogens is 3. The maximum absolute atomic E-state index is 14.0. The van der Waals surface area contributed by atoms with Gasteiger partial charge < -0.3 is 20.5 Å². The minimum absolute atomic E-state index is 0.0358. The van der Waals surface area contributed by atoms with E-state index in [4.69, 9.17) is 15.2 Å². The monoisotopic (exact) mass is 383 g/mol. The van der Waals surface area contributed by atoms with Crippen molar-refractivity contribution in [2.45, 2.75) is 13.5 Å². The van der Waals surface area contributed by atoms with Gasteiger partial charge in [-0.05, 0) is 31.2 Å². The lowest BCUT2D eigenvalue weighted by atomic mass is 10.2. The number of carbonyl (C=O) groups excluding carboxylic acids is 1. The van der Waals surface area contributed by atoms with E-state index in [0.29, 0.717) is 5.75 Å². The van der Waals surface area contributed by atoms with Crippen molar-refractivity contribution in [3.63, 3.8) is 0 Å². The summed E-state index contributed by atoms with van der Waals surface area (Å²) in [5, 5.41) is 3.00. The minimum Gasteiger partial charge on any atom is -0.497 e. The minimum atomic E-state index is -0.854. The molecule has 0 aliphatic carbocycles. The van der Waals surface area contributed by atoms with Gasteiger partial charge in [0, 0.05) is 11.8 Å². The second-order valence-electron chi connectivity index (χ2n) is 5.85. The maximum atomic E-state index is 14.0. The molecule has 0 aliphatic heterocycles. The van der Waals surface area contributed by atoms with Crippen molar-refractivity contribution in [1.82, 2.24) is 15.0 Å². The number of benzene rings is 2. The van der Waals surface area contributed by atoms with Crippen LogP contribution in [0.5, 0.6) is 5.75 Å². The van der Waals surface area contributed by atoms with E-state index in [-0.39, 0.29) is 29.9 Å². The Labute approximate surface area is 160 Å². The summed E-state index contributed by atoms with van der Waals surface area (Å²) in [4.78, 5) is 24.2. The molecule has 9 heteroatoms. The fraction of sp³-hybridized carbons (Fsp3) is 0.158. The third-order valence-electron chi connectivity index (χ3n) is 3.74. The van der Waals surface area contributed by atoms with Crippen LogP contribution >= 0.6 is 0 Å². The van der Waals surface area contributed by atoms with Crippen molar-refractivity contribution < 1.29 is 18.7 Å². The van der Waals surface area contributed by atoms with Crippen LogP contribution in [0.4, 0.5) is 22.0 Å². The molecule has 0 fully saturated rings. The van der Waals surface area contributed by atoms with Gasteiger partial charge >= 0.3 is 5.97 Å². The van der Waals surface area contributed by atoms with Crippen LogP contribution in [0.2, 0.25) is 0 Å². The second kappa shape index (κ2) is 8.30. The number of methoxy groups -OCH3 is 1. The van der Waals surface area contributed by atoms with E-state index in [1.807, 2.05) is 31.2 Å². The van der Waals surface area contributed by atoms with Gasteiger partial charge in [0.2, 0.25) is 11.9 Å². The standard InChI is InChI=1S/C19H18FN5O3/c1-11-3-5-12(6-4-11)22-19-24-16(23-18(21)25-19)10-28-17(26)14-8-7-13(27-2)9-15(14)20/h3-9H,10H2,1-2H3,(H3,21,22,23,24,25). The molecule has 0 amide bonds. The molecule has 2 aromatic carbocycles. The molecule has 0 saturated heterocycles. The number of nitrogen functional groups attached to an aromatic ring is 1. The molecular weight excluding hydrogens is 365 g/mol. The second-order valence-corrected chi connectivity index (χ2v) is 5.85. The molecule has 0 radical (unpaired) electrons. The first kappa shape index (κ1) is 19.0. The summed E-state index contributed by atoms with van der Waals surface area (Å²) < 4.78 is 23.9. The summed E-state index contributed by atoms with van der Waals surface area (Å²) in [6, 6.07) is 11.4. The van der Waals surface area contributed by atoms with Crippen molar-refractivity contribution in [2.75, 3.05) is 18.2 Å². The molecular formula is C19H18FN5O3. The molecule has 1 heterocycles. The Morgan fingerprint density at radius 3 is 2.57 bits per heavy atom. The molecule has 0 spiro atoms. The van der Waals surface area contributed by atoms with Crippen LogP contribution in [0.15, 0.2) is 42.5 Å². The van der Waals surface area contributed by atoms with E-state index in [2.05, 4.69) is 20.3 Å². The number of nitrogens with one attached hydrogen (secondary N) is 1. The van der Waals surface area contributed by atoms with Crippen LogP contribution in [0.25, 0.3) is 0 Å². The van der Waals surface area contributed by atoms with Crippen LogP contribution in [-0.2, 0) is 11.3 Å². The lowest BCUT2D eigenvalue weighted by Crippen LogP contribution is -2.12. The predicted octanol–water partition coefficient (Wildman–Crippen LogP) is 3.01. The number of rotatable bonds is 6. The van der Waals surface area contributed by atoms with E-state index in [1.165, 1.54) is 19.2 Å². The number of hydrogen-bond donors (Lipinski definition) is 2. The average Bonchev–Trinajstić information content (AvgIpc) is 2.67. The van der Waals surface area contributed by atoms with E-state index < -0.39 is 11.8 Å². The van der Waals surface area contributed by atoms with Crippen molar-refractivity contribution in [3.8, 4) is 5.75 Å². The van der Waals surface area contributed by atoms with E-state index in [9.17, 15) is 9.18 Å². The number of nitrogens with two attached hydrogens (primary N) is 1. The molecule has 3 aromatic rings. The van der Waals surface area contributed by atoms with Gasteiger partial charge in [0.05, 0.1) is 12.7 Å². The summed E-state index contributed by atoms with van der Waals surface area (Å²) in [7, 11) is 1.40. The number of carbonyl (C=O) groups is 1. The quantitative estimate of drug-likeness (QED) is 0.625. The van der Waals surface area contributed by atoms with Crippen LogP contribution < -0.4 is 15.8 Å². The summed E-state index contributed by atoms with van der Waals surface area (Å²) in [6.07, 6.45) is 0. The van der Waals surface area contributed by atoms with Crippen LogP contribution in [0.3, 0.4) is 0 Å². The highest BCUT2D eigenvalue weighted by atomic mass is 19.1. The Kier molecular flexibility index (Phi) is 5.64. The van der Waals surface area contributed by atoms with Crippen LogP contribution in [0, 0.1) is 12.7 Å². The largest absolute Gasteiger partial charge is 0.497 e. The van der Waals surface area contributed by atoms with E-state index in [1.54, 1.807) is 0 Å². The molecule has 28 heavy (non-hydrogen) atoms. The highest BCUT2D eigenvalue weighted by Crippen LogP contribution is 2.18. The number of hydrogen-bond acceptors (Lipinski definition) is 8. The first-order valence-electron chi connectivity index (χ1n) is 8.29. The zero-order valence-electron chi connectivity index (χ0n) is 15.3. The van der Waals surface area contributed by atoms with Crippen LogP contribution in [-0.4, -0.2) is 28.0 Å². The van der Waals surface area contributed by atoms with Gasteiger partial charge in [-0.25, -0.2) is 9.18 Å². The Hall–Kier alpha value is -3.75. The molecule has 144 valence electrons. The van der Waals surface area contributed by atoms with Gasteiger partial charge in [-0.3, -0.25) is 0 Å². The fourth-order valence-corrected chi connectivity index (χ4v) is 2.32. The maximum Gasteiger partial charge on any atom is 0.341 e. The molecule has 0 unspecified atom stereocenters. The van der Waals surface area contributed by atoms with Crippen molar-refractivity contribution in [2.24, 2.45) is 0 Å². The first-order chi connectivity index (χ1) is 13.4. The van der Waals surface area contributed by atoms with Gasteiger partial charge in [0.15, 0.2) is 12.4 Å². The van der Waals surface area contributed by atoms with Gasteiger partial charge in [0.25, 0.3) is 0 Å². The normalized spacial score (nSPS) is 10.4. The number of esters is 1. The van der Waals surface area contributed by atoms with Gasteiger partial charge in [-0.15, -0.1) is 0 Å². The van der Waals surface area contributed by atoms with E-state index in [0.717, 1.165) is 17.3 Å². The molecule has 0 atom stereocenters. The zero-order valence-corrected chi connectivity index (χ0v) is 15.3. The fourth-order valence-electron chi connectivity index (χ4n) is 2.32. The van der Waals surface area contributed by atoms with Gasteiger partial charge in [-0.1, -0.05) is 17.7 Å². The summed E-state index contributed by atoms with van der Waals surface area (Å²) in [5.74, 6) is -1.01. The number of aryl methyl sites for hydroxylation is 1. The van der Waals surface area contributed by atoms with Gasteiger partial charge in [-0.2, -0.15) is 15.0 Å². The third kappa shape index (κ3) is 4.70. The summed E-state index contributed by atoms with van der Waals surface area (Å²) >= 11 is 0. The molecule has 3 N–H and O–H groups in total. The average molecular weight is 383 g/mol. The summed E-state index contributed by atoms with van der Waals surface area (Å²) in [6.45, 7) is 1.68. The Balaban J connectivity index is 1.69. The van der Waals surface area contributed by atoms with Gasteiger partial charge in [0.1, 0.15) is 11.6 Å². The smallest absolute Gasteiger partial charge is 0.341 e. The number of ether oxygens (including phenoxy) is 2. The molecule has 0 saturated carbocycles. The highest BCUT2D eigenvalue weighted by molar-refractivity contribution is 5.89. The molecule has 0 aliphatic rings. The van der Waals surface area contributed by atoms with Crippen molar-refractivity contribution in [1.29, 1.82) is 0 Å². The topological polar surface area (TPSA) is 112 Å². The number of nitrogens with zero attached hydrogens (tertiary/aromatic N) is 3. The van der Waals surface area contributed by atoms with Crippen molar-refractivity contribution >= 4 is 23.6 Å². The SMILES string of the molecule is COc1ccc(C(=O)OCc2nc(N)nc(Nc3ccc(C)cc3)n2)c(F)c1. The Morgan fingerprint density at radius 2 is 1.89 bits per heavy atom. The first-order valence-corrected chi connectivity index (χ1v) is 8.29. The molecule has 0 bridgehead atoms. The van der Waals surface area contributed by atoms with Crippen LogP contribution in [0.1, 0.15) is 21.7 Å². The predicted molar refractivity (Wildman–Crippen MR) is 101 cm³/mol. The Morgan fingerprint density at radius 1 is 1.14 bits per heavy atom. The number of anilines is 3. The highest BCUT2D eigenvalue weighted by Gasteiger charge is 2.15. The third-order valence-corrected chi connectivity index (χ3v) is 3.74. The molecule has 1 aromatic heterocycles. The lowest BCUT2D eigenvalue weighted by molar-refractivity contribution is 0.0456. The lowest BCUT2D eigenvalue weighted by Gasteiger charge is -2.09. The zero-order chi connectivity index (χ0) is 20.1.